The zero-order valence-electron chi connectivity index (χ0n) is 13.3. The smallest absolute Gasteiger partial charge is 0.127 e. The van der Waals surface area contributed by atoms with E-state index in [0.29, 0.717) is 5.41 Å². The minimum atomic E-state index is -0.115. The van der Waals surface area contributed by atoms with Gasteiger partial charge in [0.25, 0.3) is 0 Å². The molecule has 0 aliphatic heterocycles. The van der Waals surface area contributed by atoms with E-state index >= 15 is 0 Å². The summed E-state index contributed by atoms with van der Waals surface area (Å²) < 4.78 is 13.8. The van der Waals surface area contributed by atoms with E-state index in [1.807, 2.05) is 12.1 Å². The monoisotopic (exact) mass is 280 g/mol. The second-order valence-electron chi connectivity index (χ2n) is 6.48. The third-order valence-corrected chi connectivity index (χ3v) is 4.20. The Morgan fingerprint density at radius 2 is 1.90 bits per heavy atom. The van der Waals surface area contributed by atoms with Crippen molar-refractivity contribution in [3.8, 4) is 0 Å². The first-order valence-corrected chi connectivity index (χ1v) is 7.52. The zero-order chi connectivity index (χ0) is 15.2. The van der Waals surface area contributed by atoms with Gasteiger partial charge in [-0.2, -0.15) is 0 Å². The summed E-state index contributed by atoms with van der Waals surface area (Å²) in [5.41, 5.74) is 6.71. The Hall–Kier alpha value is -0.930. The highest BCUT2D eigenvalue weighted by Crippen LogP contribution is 2.27. The summed E-state index contributed by atoms with van der Waals surface area (Å²) in [6.07, 6.45) is 3.32. The van der Waals surface area contributed by atoms with Crippen LogP contribution in [0.15, 0.2) is 24.3 Å². The summed E-state index contributed by atoms with van der Waals surface area (Å²) in [5.74, 6) is -0.115. The molecule has 0 amide bonds. The third-order valence-electron chi connectivity index (χ3n) is 4.20. The quantitative estimate of drug-likeness (QED) is 0.780. The fraction of sp³-hybridized carbons (Fsp3) is 0.647. The predicted octanol–water partition coefficient (Wildman–Crippen LogP) is 3.97. The molecule has 0 fully saturated rings. The van der Waals surface area contributed by atoms with Gasteiger partial charge in [-0.15, -0.1) is 0 Å². The van der Waals surface area contributed by atoms with Crippen molar-refractivity contribution in [2.45, 2.75) is 46.1 Å². The molecule has 0 saturated heterocycles. The Morgan fingerprint density at radius 3 is 2.50 bits per heavy atom. The Balaban J connectivity index is 2.47. The largest absolute Gasteiger partial charge is 0.330 e. The van der Waals surface area contributed by atoms with Crippen LogP contribution in [-0.4, -0.2) is 25.0 Å². The molecule has 0 bridgehead atoms. The molecule has 1 aromatic rings. The van der Waals surface area contributed by atoms with Crippen LogP contribution in [0.3, 0.4) is 0 Å². The maximum absolute atomic E-state index is 13.8. The first-order valence-electron chi connectivity index (χ1n) is 7.52. The highest BCUT2D eigenvalue weighted by atomic mass is 19.1. The molecule has 1 atom stereocenters. The molecule has 1 unspecified atom stereocenters. The van der Waals surface area contributed by atoms with Crippen LogP contribution in [0, 0.1) is 11.2 Å². The van der Waals surface area contributed by atoms with E-state index in [-0.39, 0.29) is 11.9 Å². The van der Waals surface area contributed by atoms with Gasteiger partial charge in [0, 0.05) is 11.6 Å². The molecular weight excluding hydrogens is 251 g/mol. The number of nitrogens with zero attached hydrogens (tertiary/aromatic N) is 1. The van der Waals surface area contributed by atoms with Gasteiger partial charge < -0.3 is 5.73 Å². The molecule has 0 aliphatic rings. The lowest BCUT2D eigenvalue weighted by Gasteiger charge is -2.28. The summed E-state index contributed by atoms with van der Waals surface area (Å²) in [5, 5.41) is 0. The summed E-state index contributed by atoms with van der Waals surface area (Å²) in [6.45, 7) is 8.31. The van der Waals surface area contributed by atoms with Crippen LogP contribution in [0.5, 0.6) is 0 Å². The fourth-order valence-electron chi connectivity index (χ4n) is 2.57. The van der Waals surface area contributed by atoms with Crippen molar-refractivity contribution < 1.29 is 4.39 Å². The van der Waals surface area contributed by atoms with Crippen molar-refractivity contribution in [1.29, 1.82) is 0 Å². The first kappa shape index (κ1) is 17.1. The molecule has 0 aliphatic carbocycles. The molecule has 2 nitrogen and oxygen atoms in total. The predicted molar refractivity (Wildman–Crippen MR) is 84.1 cm³/mol. The van der Waals surface area contributed by atoms with Gasteiger partial charge in [0.15, 0.2) is 0 Å². The Bertz CT molecular complexity index is 404. The van der Waals surface area contributed by atoms with Crippen molar-refractivity contribution in [2.24, 2.45) is 11.1 Å². The number of benzene rings is 1. The lowest BCUT2D eigenvalue weighted by Crippen LogP contribution is -2.26. The normalized spacial score (nSPS) is 13.8. The maximum Gasteiger partial charge on any atom is 0.127 e. The highest BCUT2D eigenvalue weighted by molar-refractivity contribution is 5.20. The van der Waals surface area contributed by atoms with E-state index in [4.69, 9.17) is 5.73 Å². The molecule has 1 rings (SSSR count). The Kier molecular flexibility index (Phi) is 6.63. The Morgan fingerprint density at radius 1 is 1.25 bits per heavy atom. The fourth-order valence-corrected chi connectivity index (χ4v) is 2.57. The van der Waals surface area contributed by atoms with E-state index in [9.17, 15) is 4.39 Å². The molecule has 1 aromatic carbocycles. The van der Waals surface area contributed by atoms with Gasteiger partial charge in [0.05, 0.1) is 0 Å². The van der Waals surface area contributed by atoms with E-state index < -0.39 is 0 Å². The van der Waals surface area contributed by atoms with Crippen molar-refractivity contribution >= 4 is 0 Å². The van der Waals surface area contributed by atoms with E-state index in [2.05, 4.69) is 32.7 Å². The molecule has 0 spiro atoms. The molecule has 0 saturated carbocycles. The minimum Gasteiger partial charge on any atom is -0.330 e. The summed E-state index contributed by atoms with van der Waals surface area (Å²) >= 11 is 0. The van der Waals surface area contributed by atoms with E-state index in [1.165, 1.54) is 6.07 Å². The molecule has 0 radical (unpaired) electrons. The summed E-state index contributed by atoms with van der Waals surface area (Å²) in [7, 11) is 2.06. The SMILES string of the molecule is CC(c1ccccc1F)N(C)CCCC(C)(C)CCN. The van der Waals surface area contributed by atoms with Crippen LogP contribution in [0.25, 0.3) is 0 Å². The van der Waals surface area contributed by atoms with Crippen LogP contribution in [-0.2, 0) is 0 Å². The second kappa shape index (κ2) is 7.75. The number of rotatable bonds is 8. The van der Waals surface area contributed by atoms with Gasteiger partial charge in [0.2, 0.25) is 0 Å². The van der Waals surface area contributed by atoms with Gasteiger partial charge in [-0.1, -0.05) is 32.0 Å². The van der Waals surface area contributed by atoms with Crippen LogP contribution in [0.4, 0.5) is 4.39 Å². The van der Waals surface area contributed by atoms with Gasteiger partial charge in [0.1, 0.15) is 5.82 Å². The standard InChI is InChI=1S/C17H29FN2/c1-14(15-8-5-6-9-16(15)18)20(4)13-7-10-17(2,3)11-12-19/h5-6,8-9,14H,7,10-13,19H2,1-4H3. The molecule has 3 heteroatoms. The van der Waals surface area contributed by atoms with E-state index in [1.54, 1.807) is 6.07 Å². The van der Waals surface area contributed by atoms with Crippen molar-refractivity contribution in [1.82, 2.24) is 4.90 Å². The molecule has 2 N–H and O–H groups in total. The first-order chi connectivity index (χ1) is 9.37. The Labute approximate surface area is 123 Å². The van der Waals surface area contributed by atoms with Crippen LogP contribution in [0.1, 0.15) is 51.6 Å². The van der Waals surface area contributed by atoms with Crippen LogP contribution >= 0.6 is 0 Å². The highest BCUT2D eigenvalue weighted by Gasteiger charge is 2.18. The molecule has 114 valence electrons. The van der Waals surface area contributed by atoms with Gasteiger partial charge in [-0.05, 0) is 57.8 Å². The van der Waals surface area contributed by atoms with Crippen molar-refractivity contribution in [3.05, 3.63) is 35.6 Å². The molecule has 20 heavy (non-hydrogen) atoms. The summed E-state index contributed by atoms with van der Waals surface area (Å²) in [4.78, 5) is 2.22. The van der Waals surface area contributed by atoms with Gasteiger partial charge >= 0.3 is 0 Å². The lowest BCUT2D eigenvalue weighted by molar-refractivity contribution is 0.224. The maximum atomic E-state index is 13.8. The average Bonchev–Trinajstić information content (AvgIpc) is 2.38. The summed E-state index contributed by atoms with van der Waals surface area (Å²) in [6, 6.07) is 7.14. The second-order valence-corrected chi connectivity index (χ2v) is 6.48. The number of hydrogen-bond donors (Lipinski definition) is 1. The molecule has 0 heterocycles. The lowest BCUT2D eigenvalue weighted by atomic mass is 9.84. The third kappa shape index (κ3) is 5.22. The molecule has 0 aromatic heterocycles. The van der Waals surface area contributed by atoms with E-state index in [0.717, 1.165) is 37.9 Å². The number of halogens is 1. The number of nitrogens with two attached hydrogens (primary N) is 1. The van der Waals surface area contributed by atoms with Crippen molar-refractivity contribution in [2.75, 3.05) is 20.1 Å². The van der Waals surface area contributed by atoms with Gasteiger partial charge in [-0.3, -0.25) is 4.90 Å². The van der Waals surface area contributed by atoms with Crippen LogP contribution < -0.4 is 5.73 Å². The zero-order valence-corrected chi connectivity index (χ0v) is 13.3. The van der Waals surface area contributed by atoms with Gasteiger partial charge in [-0.25, -0.2) is 4.39 Å². The van der Waals surface area contributed by atoms with Crippen LogP contribution in [0.2, 0.25) is 0 Å². The molecular formula is C17H29FN2. The minimum absolute atomic E-state index is 0.105. The topological polar surface area (TPSA) is 29.3 Å². The average molecular weight is 280 g/mol. The number of hydrogen-bond acceptors (Lipinski definition) is 2. The van der Waals surface area contributed by atoms with Crippen molar-refractivity contribution in [3.63, 3.8) is 0 Å².